The maximum atomic E-state index is 13.6. The number of unbranched alkanes of at least 4 members (excludes halogenated alkanes) is 5. The number of allylic oxidation sites excluding steroid dienone is 6. The molecule has 2 heterocycles. The van der Waals surface area contributed by atoms with E-state index in [9.17, 15) is 44.2 Å². The maximum Gasteiger partial charge on any atom is 0.188 e. The lowest BCUT2D eigenvalue weighted by Gasteiger charge is -2.38. The van der Waals surface area contributed by atoms with Gasteiger partial charge in [0.25, 0.3) is 0 Å². The smallest absolute Gasteiger partial charge is 0.188 e. The van der Waals surface area contributed by atoms with Crippen molar-refractivity contribution in [3.8, 4) is 12.1 Å². The van der Waals surface area contributed by atoms with Crippen molar-refractivity contribution in [1.82, 2.24) is 9.80 Å². The number of likely N-dealkylation sites (tertiary alicyclic amines) is 2. The second-order valence-electron chi connectivity index (χ2n) is 17.1. The first-order valence-electron chi connectivity index (χ1n) is 19.0. The lowest BCUT2D eigenvalue weighted by atomic mass is 9.76. The monoisotopic (exact) mass is 826 g/mol. The normalized spacial score (nSPS) is 23.0. The Morgan fingerprint density at radius 1 is 0.537 bits per heavy atom. The van der Waals surface area contributed by atoms with E-state index in [1.807, 2.05) is 49.6 Å². The molecule has 0 unspecified atom stereocenters. The highest BCUT2D eigenvalue weighted by atomic mass is 32.2. The molecule has 0 N–H and O–H groups in total. The predicted octanol–water partition coefficient (Wildman–Crippen LogP) is 6.06. The van der Waals surface area contributed by atoms with Crippen molar-refractivity contribution in [2.45, 2.75) is 118 Å². The van der Waals surface area contributed by atoms with Gasteiger partial charge in [0.1, 0.15) is 21.9 Å². The molecule has 4 rings (SSSR count). The minimum Gasteiger partial charge on any atom is -0.374 e. The van der Waals surface area contributed by atoms with E-state index >= 15 is 0 Å². The van der Waals surface area contributed by atoms with Gasteiger partial charge in [0, 0.05) is 61.2 Å². The van der Waals surface area contributed by atoms with Gasteiger partial charge >= 0.3 is 0 Å². The third kappa shape index (κ3) is 10.6. The highest BCUT2D eigenvalue weighted by molar-refractivity contribution is 7.97. The summed E-state index contributed by atoms with van der Waals surface area (Å²) in [6, 6.07) is 3.74. The zero-order valence-corrected chi connectivity index (χ0v) is 36.1. The molecule has 54 heavy (non-hydrogen) atoms. The predicted molar refractivity (Wildman–Crippen MR) is 212 cm³/mol. The van der Waals surface area contributed by atoms with E-state index in [2.05, 4.69) is 0 Å². The van der Waals surface area contributed by atoms with E-state index in [0.717, 1.165) is 38.2 Å². The van der Waals surface area contributed by atoms with Gasteiger partial charge in [-0.2, -0.15) is 10.5 Å². The SMILES string of the molecule is CC1(C)CC(N2CCCC2)=C(S(C)(=O)=O)/C(=C(\C#N)S(=O)(=O)CCCCCCCCS(=O)(=O)/C(C#N)=C2\CC(C)(C)CC(N3CCCC3)=C2S(C)(=O)=O)C1. The molecule has 0 radical (unpaired) electrons. The van der Waals surface area contributed by atoms with Crippen LogP contribution in [0.15, 0.2) is 42.2 Å². The highest BCUT2D eigenvalue weighted by Gasteiger charge is 2.42. The minimum atomic E-state index is -4.10. The Labute approximate surface area is 324 Å². The number of rotatable bonds is 15. The Bertz CT molecular complexity index is 1980. The van der Waals surface area contributed by atoms with Gasteiger partial charge in [-0.1, -0.05) is 53.4 Å². The Kier molecular flexibility index (Phi) is 13.7. The maximum absolute atomic E-state index is 13.6. The Balaban J connectivity index is 1.42. The van der Waals surface area contributed by atoms with Crippen LogP contribution in [0.25, 0.3) is 0 Å². The quantitative estimate of drug-likeness (QED) is 0.137. The molecule has 302 valence electrons. The second kappa shape index (κ2) is 16.8. The average molecular weight is 827 g/mol. The third-order valence-electron chi connectivity index (χ3n) is 10.8. The van der Waals surface area contributed by atoms with Gasteiger partial charge in [-0.15, -0.1) is 0 Å². The van der Waals surface area contributed by atoms with Crippen molar-refractivity contribution >= 4 is 39.3 Å². The number of nitrogens with zero attached hydrogens (tertiary/aromatic N) is 4. The summed E-state index contributed by atoms with van der Waals surface area (Å²) < 4.78 is 107. The van der Waals surface area contributed by atoms with E-state index in [1.54, 1.807) is 0 Å². The topological polar surface area (TPSA) is 191 Å². The van der Waals surface area contributed by atoms with Crippen LogP contribution in [0.5, 0.6) is 0 Å². The molecular formula is C38H58N4O8S4. The Morgan fingerprint density at radius 3 is 1.11 bits per heavy atom. The van der Waals surface area contributed by atoms with Crippen molar-refractivity contribution in [3.05, 3.63) is 42.2 Å². The first kappa shape index (κ1) is 44.1. The summed E-state index contributed by atoms with van der Waals surface area (Å²) in [6.45, 7) is 10.6. The molecule has 2 aliphatic carbocycles. The van der Waals surface area contributed by atoms with E-state index in [4.69, 9.17) is 0 Å². The van der Waals surface area contributed by atoms with E-state index in [-0.39, 0.29) is 58.1 Å². The van der Waals surface area contributed by atoms with E-state index < -0.39 is 60.0 Å². The van der Waals surface area contributed by atoms with Crippen molar-refractivity contribution in [1.29, 1.82) is 10.5 Å². The standard InChI is InChI=1S/C38H58N4O8S4/c1-37(2)23-29(35(51(5,43)44)31(25-37)41-17-11-12-18-41)33(27-39)53(47,48)21-15-9-7-8-10-16-22-54(49,50)34(28-40)30-24-38(3,4)26-32(36(30)52(6,45)46)42-19-13-14-20-42/h7-26H2,1-6H3/b33-29+,34-30+. The molecule has 0 aromatic heterocycles. The van der Waals surface area contributed by atoms with Crippen molar-refractivity contribution < 1.29 is 33.7 Å². The molecule has 0 amide bonds. The van der Waals surface area contributed by atoms with Crippen LogP contribution < -0.4 is 0 Å². The first-order valence-corrected chi connectivity index (χ1v) is 26.1. The van der Waals surface area contributed by atoms with Gasteiger partial charge in [0.05, 0.1) is 21.3 Å². The molecule has 2 saturated heterocycles. The summed E-state index contributed by atoms with van der Waals surface area (Å²) >= 11 is 0. The van der Waals surface area contributed by atoms with Crippen molar-refractivity contribution in [3.63, 3.8) is 0 Å². The Morgan fingerprint density at radius 2 is 0.833 bits per heavy atom. The number of hydrogen-bond acceptors (Lipinski definition) is 12. The van der Waals surface area contributed by atoms with Gasteiger partial charge < -0.3 is 9.80 Å². The molecule has 0 saturated carbocycles. The van der Waals surface area contributed by atoms with Crippen LogP contribution >= 0.6 is 0 Å². The molecule has 0 aromatic carbocycles. The zero-order chi connectivity index (χ0) is 40.3. The van der Waals surface area contributed by atoms with Crippen LogP contribution in [0, 0.1) is 33.5 Å². The third-order valence-corrected chi connectivity index (χ3v) is 16.9. The Hall–Kier alpha value is -2.66. The van der Waals surface area contributed by atoms with Gasteiger partial charge in [0.2, 0.25) is 0 Å². The molecule has 0 aromatic rings. The lowest BCUT2D eigenvalue weighted by Crippen LogP contribution is -2.33. The molecule has 2 aliphatic heterocycles. The molecule has 0 spiro atoms. The number of sulfone groups is 4. The molecule has 2 fully saturated rings. The van der Waals surface area contributed by atoms with Crippen molar-refractivity contribution in [2.75, 3.05) is 50.2 Å². The summed E-state index contributed by atoms with van der Waals surface area (Å²) in [4.78, 5) is 3.07. The molecule has 0 atom stereocenters. The average Bonchev–Trinajstić information content (AvgIpc) is 3.75. The number of hydrogen-bond donors (Lipinski definition) is 0. The van der Waals surface area contributed by atoms with Gasteiger partial charge in [-0.3, -0.25) is 0 Å². The van der Waals surface area contributed by atoms with Crippen LogP contribution in [0.4, 0.5) is 0 Å². The van der Waals surface area contributed by atoms with Gasteiger partial charge in [-0.05, 0) is 75.0 Å². The number of nitriles is 2. The summed E-state index contributed by atoms with van der Waals surface area (Å²) in [5.74, 6) is -0.620. The van der Waals surface area contributed by atoms with Crippen LogP contribution in [0.1, 0.15) is 118 Å². The van der Waals surface area contributed by atoms with Crippen LogP contribution in [-0.2, 0) is 39.3 Å². The molecular weight excluding hydrogens is 769 g/mol. The summed E-state index contributed by atoms with van der Waals surface area (Å²) in [7, 11) is -15.9. The van der Waals surface area contributed by atoms with Crippen LogP contribution in [0.3, 0.4) is 0 Å². The van der Waals surface area contributed by atoms with E-state index in [0.29, 0.717) is 76.1 Å². The molecule has 16 heteroatoms. The van der Waals surface area contributed by atoms with Crippen LogP contribution in [-0.4, -0.2) is 93.7 Å². The summed E-state index contributed by atoms with van der Waals surface area (Å²) in [5, 5.41) is 20.3. The fourth-order valence-corrected chi connectivity index (χ4v) is 14.1. The summed E-state index contributed by atoms with van der Waals surface area (Å²) in [6.07, 6.45) is 9.81. The van der Waals surface area contributed by atoms with Crippen LogP contribution in [0.2, 0.25) is 0 Å². The second-order valence-corrected chi connectivity index (χ2v) is 25.1. The molecule has 0 bridgehead atoms. The van der Waals surface area contributed by atoms with E-state index in [1.165, 1.54) is 0 Å². The van der Waals surface area contributed by atoms with Crippen molar-refractivity contribution in [2.24, 2.45) is 10.8 Å². The van der Waals surface area contributed by atoms with Gasteiger partial charge in [0.15, 0.2) is 39.3 Å². The fourth-order valence-electron chi connectivity index (χ4n) is 8.53. The fraction of sp³-hybridized carbons (Fsp3) is 0.737. The lowest BCUT2D eigenvalue weighted by molar-refractivity contribution is 0.288. The molecule has 12 nitrogen and oxygen atoms in total. The zero-order valence-electron chi connectivity index (χ0n) is 32.8. The largest absolute Gasteiger partial charge is 0.374 e. The van der Waals surface area contributed by atoms with Gasteiger partial charge in [-0.25, -0.2) is 33.7 Å². The minimum absolute atomic E-state index is 0.0169. The summed E-state index contributed by atoms with van der Waals surface area (Å²) in [5.41, 5.74) is 0.515. The first-order chi connectivity index (χ1) is 24.9. The highest BCUT2D eigenvalue weighted by Crippen LogP contribution is 2.48. The molecule has 4 aliphatic rings.